The van der Waals surface area contributed by atoms with E-state index in [-0.39, 0.29) is 11.6 Å². The predicted octanol–water partition coefficient (Wildman–Crippen LogP) is 2.41. The number of amidine groups is 1. The number of amides is 1. The number of cyclic esters (lactones) is 1. The van der Waals surface area contributed by atoms with Gasteiger partial charge in [0.25, 0.3) is 5.54 Å². The molecule has 1 saturated carbocycles. The maximum atomic E-state index is 12.0. The second-order valence-corrected chi connectivity index (χ2v) is 5.97. The lowest BCUT2D eigenvalue weighted by molar-refractivity contribution is 0.145. The third-order valence-electron chi connectivity index (χ3n) is 4.30. The second-order valence-electron chi connectivity index (χ2n) is 5.97. The van der Waals surface area contributed by atoms with E-state index in [1.807, 2.05) is 24.3 Å². The number of carbonyl (C=O) groups is 1. The van der Waals surface area contributed by atoms with Crippen LogP contribution in [-0.2, 0) is 10.3 Å². The number of nitriles is 1. The Bertz CT molecular complexity index is 753. The summed E-state index contributed by atoms with van der Waals surface area (Å²) >= 11 is 0. The summed E-state index contributed by atoms with van der Waals surface area (Å²) in [7, 11) is 0. The van der Waals surface area contributed by atoms with E-state index in [1.165, 1.54) is 0 Å². The number of nitrogens with one attached hydrogen (secondary N) is 1. The number of rotatable bonds is 4. The Hall–Kier alpha value is -3.06. The van der Waals surface area contributed by atoms with Gasteiger partial charge in [-0.15, -0.1) is 0 Å². The normalized spacial score (nSPS) is 21.6. The molecule has 1 saturated heterocycles. The number of nitrogens with zero attached hydrogens (tertiary/aromatic N) is 4. The lowest BCUT2D eigenvalue weighted by atomic mass is 10.1. The lowest BCUT2D eigenvalue weighted by Gasteiger charge is -2.13. The molecule has 1 aliphatic heterocycles. The van der Waals surface area contributed by atoms with Gasteiger partial charge in [0.1, 0.15) is 11.9 Å². The molecule has 1 aromatic carbocycles. The lowest BCUT2D eigenvalue weighted by Crippen LogP contribution is -2.25. The predicted molar refractivity (Wildman–Crippen MR) is 88.3 cm³/mol. The van der Waals surface area contributed by atoms with Gasteiger partial charge >= 0.3 is 6.09 Å². The molecule has 1 heterocycles. The number of aliphatic imine (C=N–C) groups is 1. The molecule has 7 heteroatoms. The van der Waals surface area contributed by atoms with Crippen molar-refractivity contribution in [1.29, 1.82) is 5.26 Å². The molecule has 24 heavy (non-hydrogen) atoms. The van der Waals surface area contributed by atoms with E-state index in [4.69, 9.17) is 16.6 Å². The first-order chi connectivity index (χ1) is 11.6. The highest BCUT2D eigenvalue weighted by Gasteiger charge is 2.52. The Labute approximate surface area is 140 Å². The number of ether oxygens (including phenoxy) is 1. The highest BCUT2D eigenvalue weighted by Crippen LogP contribution is 2.49. The van der Waals surface area contributed by atoms with Crippen LogP contribution in [0.5, 0.6) is 0 Å². The first-order valence-electron chi connectivity index (χ1n) is 7.71. The van der Waals surface area contributed by atoms with Gasteiger partial charge in [-0.05, 0) is 31.2 Å². The van der Waals surface area contributed by atoms with Gasteiger partial charge in [-0.2, -0.15) is 5.26 Å². The van der Waals surface area contributed by atoms with Crippen LogP contribution in [0, 0.1) is 18.0 Å². The van der Waals surface area contributed by atoms with Gasteiger partial charge < -0.3 is 9.58 Å². The number of hydrogen-bond donors (Lipinski definition) is 1. The van der Waals surface area contributed by atoms with Crippen molar-refractivity contribution in [3.8, 4) is 6.19 Å². The van der Waals surface area contributed by atoms with Crippen LogP contribution in [0.15, 0.2) is 29.3 Å². The van der Waals surface area contributed by atoms with Crippen molar-refractivity contribution in [1.82, 2.24) is 5.32 Å². The molecule has 0 radical (unpaired) electrons. The summed E-state index contributed by atoms with van der Waals surface area (Å²) in [6.07, 6.45) is 2.85. The molecule has 122 valence electrons. The molecule has 1 amide bonds. The van der Waals surface area contributed by atoms with E-state index in [9.17, 15) is 4.79 Å². The highest BCUT2D eigenvalue weighted by atomic mass is 16.6. The first kappa shape index (κ1) is 15.8. The largest absolute Gasteiger partial charge is 0.442 e. The highest BCUT2D eigenvalue weighted by molar-refractivity contribution is 5.89. The molecule has 0 aromatic heterocycles. The molecule has 1 aliphatic carbocycles. The van der Waals surface area contributed by atoms with E-state index in [0.29, 0.717) is 18.9 Å². The van der Waals surface area contributed by atoms with Crippen LogP contribution < -0.4 is 10.2 Å². The summed E-state index contributed by atoms with van der Waals surface area (Å²) in [5, 5.41) is 10.9. The molecule has 1 aromatic rings. The zero-order valence-electron chi connectivity index (χ0n) is 13.3. The number of benzene rings is 1. The van der Waals surface area contributed by atoms with Gasteiger partial charge in [0, 0.05) is 24.1 Å². The Morgan fingerprint density at radius 1 is 1.54 bits per heavy atom. The fraction of sp³-hybridized carbons (Fsp3) is 0.412. The quantitative estimate of drug-likeness (QED) is 0.303. The van der Waals surface area contributed by atoms with E-state index in [0.717, 1.165) is 24.1 Å². The van der Waals surface area contributed by atoms with Crippen LogP contribution in [0.25, 0.3) is 4.85 Å². The number of anilines is 1. The van der Waals surface area contributed by atoms with E-state index >= 15 is 0 Å². The van der Waals surface area contributed by atoms with Crippen LogP contribution >= 0.6 is 0 Å². The van der Waals surface area contributed by atoms with Gasteiger partial charge in [0.15, 0.2) is 6.19 Å². The monoisotopic (exact) mass is 323 g/mol. The van der Waals surface area contributed by atoms with Gasteiger partial charge in [0.05, 0.1) is 13.1 Å². The maximum Gasteiger partial charge on any atom is 0.414 e. The molecule has 0 spiro atoms. The minimum atomic E-state index is -0.403. The SMILES string of the molecule is [C-]#[N+]C1(c2ccc(N3C[C@H](CN=C(C)NC#N)OC3=O)cc2)CC1. The van der Waals surface area contributed by atoms with Crippen molar-refractivity contribution in [2.75, 3.05) is 18.0 Å². The van der Waals surface area contributed by atoms with Crippen LogP contribution in [-0.4, -0.2) is 31.1 Å². The smallest absolute Gasteiger partial charge is 0.414 e. The van der Waals surface area contributed by atoms with Crippen LogP contribution in [0.4, 0.5) is 10.5 Å². The average molecular weight is 323 g/mol. The zero-order valence-corrected chi connectivity index (χ0v) is 13.3. The van der Waals surface area contributed by atoms with Crippen molar-refractivity contribution in [3.05, 3.63) is 41.2 Å². The van der Waals surface area contributed by atoms with Crippen molar-refractivity contribution in [2.45, 2.75) is 31.4 Å². The molecule has 2 aliphatic rings. The van der Waals surface area contributed by atoms with Gasteiger partial charge in [-0.1, -0.05) is 0 Å². The molecule has 0 unspecified atom stereocenters. The fourth-order valence-corrected chi connectivity index (χ4v) is 2.72. The van der Waals surface area contributed by atoms with Crippen molar-refractivity contribution in [2.24, 2.45) is 4.99 Å². The van der Waals surface area contributed by atoms with Crippen molar-refractivity contribution in [3.63, 3.8) is 0 Å². The van der Waals surface area contributed by atoms with E-state index < -0.39 is 6.09 Å². The second kappa shape index (κ2) is 6.21. The van der Waals surface area contributed by atoms with Crippen molar-refractivity contribution >= 4 is 17.6 Å². The van der Waals surface area contributed by atoms with Crippen LogP contribution in [0.3, 0.4) is 0 Å². The van der Waals surface area contributed by atoms with E-state index in [2.05, 4.69) is 15.2 Å². The van der Waals surface area contributed by atoms with E-state index in [1.54, 1.807) is 18.0 Å². The Morgan fingerprint density at radius 3 is 2.83 bits per heavy atom. The summed E-state index contributed by atoms with van der Waals surface area (Å²) < 4.78 is 5.31. The first-order valence-corrected chi connectivity index (χ1v) is 7.71. The molecule has 1 N–H and O–H groups in total. The minimum absolute atomic E-state index is 0.307. The van der Waals surface area contributed by atoms with Crippen LogP contribution in [0.2, 0.25) is 0 Å². The average Bonchev–Trinajstić information content (AvgIpc) is 3.30. The maximum absolute atomic E-state index is 12.0. The summed E-state index contributed by atoms with van der Waals surface area (Å²) in [5.74, 6) is 0.491. The molecular formula is C17H17N5O2. The Morgan fingerprint density at radius 2 is 2.25 bits per heavy atom. The molecule has 2 fully saturated rings. The molecule has 1 atom stereocenters. The van der Waals surface area contributed by atoms with Crippen LogP contribution in [0.1, 0.15) is 25.3 Å². The topological polar surface area (TPSA) is 82.1 Å². The summed E-state index contributed by atoms with van der Waals surface area (Å²) in [6, 6.07) is 7.55. The fourth-order valence-electron chi connectivity index (χ4n) is 2.72. The molecule has 7 nitrogen and oxygen atoms in total. The third-order valence-corrected chi connectivity index (χ3v) is 4.30. The number of hydrogen-bond acceptors (Lipinski definition) is 4. The molecular weight excluding hydrogens is 306 g/mol. The standard InChI is InChI=1S/C17H17N5O2/c1-12(21-11-18)20-9-15-10-22(16(23)24-15)14-5-3-13(4-6-14)17(19-2)7-8-17/h3-6,15H,7-10H2,1H3,(H,20,21)/t15-/m0/s1. The zero-order chi connectivity index (χ0) is 17.2. The van der Waals surface area contributed by atoms with Crippen molar-refractivity contribution < 1.29 is 9.53 Å². The minimum Gasteiger partial charge on any atom is -0.442 e. The molecule has 0 bridgehead atoms. The number of carbonyl (C=O) groups excluding carboxylic acids is 1. The molecule has 3 rings (SSSR count). The summed E-state index contributed by atoms with van der Waals surface area (Å²) in [5.41, 5.74) is 1.42. The summed E-state index contributed by atoms with van der Waals surface area (Å²) in [4.78, 5) is 21.5. The third kappa shape index (κ3) is 3.02. The van der Waals surface area contributed by atoms with Gasteiger partial charge in [0.2, 0.25) is 0 Å². The van der Waals surface area contributed by atoms with Gasteiger partial charge in [-0.3, -0.25) is 15.2 Å². The summed E-state index contributed by atoms with van der Waals surface area (Å²) in [6.45, 7) is 9.70. The van der Waals surface area contributed by atoms with Gasteiger partial charge in [-0.25, -0.2) is 11.4 Å². The Balaban J connectivity index is 1.65. The Kier molecular flexibility index (Phi) is 4.09.